The maximum absolute atomic E-state index is 12.7. The Morgan fingerprint density at radius 3 is 2.85 bits per heavy atom. The highest BCUT2D eigenvalue weighted by atomic mass is 32.2. The number of thiophene rings is 1. The van der Waals surface area contributed by atoms with E-state index in [9.17, 15) is 4.79 Å². The van der Waals surface area contributed by atoms with Crippen LogP contribution in [0.5, 0.6) is 0 Å². The summed E-state index contributed by atoms with van der Waals surface area (Å²) in [7, 11) is 0. The van der Waals surface area contributed by atoms with E-state index in [1.165, 1.54) is 28.0 Å². The number of nitrogens with zero attached hydrogens (tertiary/aromatic N) is 4. The second-order valence-corrected chi connectivity index (χ2v) is 8.29. The van der Waals surface area contributed by atoms with Gasteiger partial charge in [-0.05, 0) is 42.8 Å². The molecule has 3 heterocycles. The molecule has 0 atom stereocenters. The van der Waals surface area contributed by atoms with Crippen LogP contribution in [-0.4, -0.2) is 19.2 Å². The fourth-order valence-electron chi connectivity index (χ4n) is 3.12. The van der Waals surface area contributed by atoms with Crippen molar-refractivity contribution in [1.82, 2.24) is 19.2 Å². The quantitative estimate of drug-likeness (QED) is 0.478. The van der Waals surface area contributed by atoms with Crippen LogP contribution in [0.2, 0.25) is 0 Å². The topological polar surface area (TPSA) is 52.2 Å². The molecule has 0 spiro atoms. The summed E-state index contributed by atoms with van der Waals surface area (Å²) in [6, 6.07) is 8.49. The molecule has 4 rings (SSSR count). The van der Waals surface area contributed by atoms with Gasteiger partial charge in [0.1, 0.15) is 4.70 Å². The van der Waals surface area contributed by atoms with Crippen LogP contribution in [0.4, 0.5) is 0 Å². The molecule has 0 aliphatic carbocycles. The Balaban J connectivity index is 1.81. The normalized spacial score (nSPS) is 11.7. The van der Waals surface area contributed by atoms with Crippen molar-refractivity contribution in [2.45, 2.75) is 44.6 Å². The van der Waals surface area contributed by atoms with E-state index in [4.69, 9.17) is 0 Å². The minimum Gasteiger partial charge on any atom is -0.276 e. The molecule has 0 aliphatic rings. The summed E-state index contributed by atoms with van der Waals surface area (Å²) < 4.78 is 4.53. The van der Waals surface area contributed by atoms with E-state index in [1.807, 2.05) is 15.8 Å². The van der Waals surface area contributed by atoms with Gasteiger partial charge < -0.3 is 0 Å². The zero-order valence-corrected chi connectivity index (χ0v) is 16.7. The summed E-state index contributed by atoms with van der Waals surface area (Å²) in [5, 5.41) is 11.5. The van der Waals surface area contributed by atoms with Crippen molar-refractivity contribution < 1.29 is 0 Å². The lowest BCUT2D eigenvalue weighted by Crippen LogP contribution is -2.22. The lowest BCUT2D eigenvalue weighted by molar-refractivity contribution is 0.663. The third-order valence-corrected chi connectivity index (χ3v) is 6.36. The van der Waals surface area contributed by atoms with Gasteiger partial charge in [-0.2, -0.15) is 0 Å². The van der Waals surface area contributed by atoms with Crippen LogP contribution >= 0.6 is 23.1 Å². The smallest absolute Gasteiger partial charge is 0.272 e. The van der Waals surface area contributed by atoms with E-state index in [-0.39, 0.29) is 5.56 Å². The Labute approximate surface area is 159 Å². The van der Waals surface area contributed by atoms with Crippen molar-refractivity contribution in [2.75, 3.05) is 0 Å². The first-order valence-electron chi connectivity index (χ1n) is 8.64. The molecule has 0 N–H and O–H groups in total. The summed E-state index contributed by atoms with van der Waals surface area (Å²) in [6.07, 6.45) is 0.879. The Morgan fingerprint density at radius 2 is 2.04 bits per heavy atom. The molecule has 0 aliphatic heterocycles. The van der Waals surface area contributed by atoms with Gasteiger partial charge in [-0.1, -0.05) is 42.4 Å². The zero-order chi connectivity index (χ0) is 18.3. The maximum atomic E-state index is 12.7. The molecular weight excluding hydrogens is 364 g/mol. The monoisotopic (exact) mass is 384 g/mol. The fraction of sp³-hybridized carbons (Fsp3) is 0.316. The molecule has 3 aromatic heterocycles. The largest absolute Gasteiger partial charge is 0.276 e. The molecule has 5 nitrogen and oxygen atoms in total. The molecule has 7 heteroatoms. The van der Waals surface area contributed by atoms with Crippen LogP contribution in [-0.2, 0) is 12.3 Å². The van der Waals surface area contributed by atoms with E-state index in [0.717, 1.165) is 27.5 Å². The van der Waals surface area contributed by atoms with Gasteiger partial charge in [0.2, 0.25) is 5.78 Å². The minimum absolute atomic E-state index is 0.0304. The van der Waals surface area contributed by atoms with Crippen LogP contribution in [0.1, 0.15) is 30.0 Å². The summed E-state index contributed by atoms with van der Waals surface area (Å²) >= 11 is 3.14. The molecule has 134 valence electrons. The molecule has 4 aromatic rings. The van der Waals surface area contributed by atoms with E-state index >= 15 is 0 Å². The van der Waals surface area contributed by atoms with E-state index in [1.54, 1.807) is 16.3 Å². The molecule has 26 heavy (non-hydrogen) atoms. The van der Waals surface area contributed by atoms with Crippen LogP contribution < -0.4 is 5.56 Å². The van der Waals surface area contributed by atoms with Crippen molar-refractivity contribution in [3.63, 3.8) is 0 Å². The van der Waals surface area contributed by atoms with Crippen molar-refractivity contribution in [1.29, 1.82) is 0 Å². The molecule has 1 aromatic carbocycles. The van der Waals surface area contributed by atoms with Gasteiger partial charge in [-0.25, -0.2) is 0 Å². The van der Waals surface area contributed by atoms with E-state index in [2.05, 4.69) is 49.2 Å². The Hall–Kier alpha value is -2.12. The van der Waals surface area contributed by atoms with Gasteiger partial charge in [-0.15, -0.1) is 21.5 Å². The molecule has 0 bridgehead atoms. The van der Waals surface area contributed by atoms with Crippen molar-refractivity contribution >= 4 is 39.1 Å². The third-order valence-electron chi connectivity index (χ3n) is 4.49. The summed E-state index contributed by atoms with van der Waals surface area (Å²) in [6.45, 7) is 6.95. The summed E-state index contributed by atoms with van der Waals surface area (Å²) in [4.78, 5) is 12.7. The number of hydrogen-bond donors (Lipinski definition) is 0. The standard InChI is InChI=1S/C19H20N4OS2/c1-4-8-22-17(24)16-15(7-9-25-16)23-18(22)20-21-19(23)26-11-14-10-12(2)5-6-13(14)3/h5-7,9-10H,4,8,11H2,1-3H3. The summed E-state index contributed by atoms with van der Waals surface area (Å²) in [5.41, 5.74) is 4.77. The lowest BCUT2D eigenvalue weighted by atomic mass is 10.1. The molecule has 0 radical (unpaired) electrons. The van der Waals surface area contributed by atoms with Gasteiger partial charge >= 0.3 is 0 Å². The zero-order valence-electron chi connectivity index (χ0n) is 15.0. The highest BCUT2D eigenvalue weighted by Gasteiger charge is 2.17. The third kappa shape index (κ3) is 2.85. The van der Waals surface area contributed by atoms with E-state index < -0.39 is 0 Å². The van der Waals surface area contributed by atoms with Gasteiger partial charge in [0.15, 0.2) is 5.16 Å². The van der Waals surface area contributed by atoms with Crippen molar-refractivity contribution in [3.8, 4) is 0 Å². The van der Waals surface area contributed by atoms with Gasteiger partial charge in [0.05, 0.1) is 5.52 Å². The molecule has 0 saturated carbocycles. The average molecular weight is 385 g/mol. The lowest BCUT2D eigenvalue weighted by Gasteiger charge is -2.09. The fourth-order valence-corrected chi connectivity index (χ4v) is 4.94. The number of rotatable bonds is 5. The van der Waals surface area contributed by atoms with Crippen LogP contribution in [0.3, 0.4) is 0 Å². The highest BCUT2D eigenvalue weighted by molar-refractivity contribution is 7.98. The van der Waals surface area contributed by atoms with Crippen LogP contribution in [0.25, 0.3) is 16.0 Å². The molecule has 0 saturated heterocycles. The maximum Gasteiger partial charge on any atom is 0.272 e. The number of aromatic nitrogens is 4. The van der Waals surface area contributed by atoms with Crippen molar-refractivity contribution in [3.05, 3.63) is 56.7 Å². The molecule has 0 unspecified atom stereocenters. The number of hydrogen-bond acceptors (Lipinski definition) is 5. The Bertz CT molecular complexity index is 1160. The highest BCUT2D eigenvalue weighted by Crippen LogP contribution is 2.27. The first-order valence-corrected chi connectivity index (χ1v) is 10.5. The number of aryl methyl sites for hydroxylation is 3. The minimum atomic E-state index is 0.0304. The van der Waals surface area contributed by atoms with Crippen LogP contribution in [0.15, 0.2) is 39.6 Å². The SMILES string of the molecule is CCCn1c(=O)c2sccc2n2c(SCc3cc(C)ccc3C)nnc12. The van der Waals surface area contributed by atoms with Gasteiger partial charge in [-0.3, -0.25) is 13.8 Å². The predicted octanol–water partition coefficient (Wildman–Crippen LogP) is 4.42. The summed E-state index contributed by atoms with van der Waals surface area (Å²) in [5.74, 6) is 1.46. The molecular formula is C19H20N4OS2. The van der Waals surface area contributed by atoms with Gasteiger partial charge in [0, 0.05) is 12.3 Å². The Morgan fingerprint density at radius 1 is 1.19 bits per heavy atom. The molecule has 0 fully saturated rings. The second-order valence-electron chi connectivity index (χ2n) is 6.43. The van der Waals surface area contributed by atoms with E-state index in [0.29, 0.717) is 12.3 Å². The average Bonchev–Trinajstić information content (AvgIpc) is 3.26. The number of fused-ring (bicyclic) bond motifs is 3. The first-order chi connectivity index (χ1) is 12.6. The van der Waals surface area contributed by atoms with Gasteiger partial charge in [0.25, 0.3) is 5.56 Å². The first kappa shape index (κ1) is 17.3. The second kappa shape index (κ2) is 6.89. The molecule has 0 amide bonds. The number of benzene rings is 1. The van der Waals surface area contributed by atoms with Crippen molar-refractivity contribution in [2.24, 2.45) is 0 Å². The number of thioether (sulfide) groups is 1. The predicted molar refractivity (Wildman–Crippen MR) is 108 cm³/mol. The van der Waals surface area contributed by atoms with Crippen LogP contribution in [0, 0.1) is 13.8 Å². The Kier molecular flexibility index (Phi) is 4.58.